The Kier molecular flexibility index (Phi) is 3.52. The quantitative estimate of drug-likeness (QED) is 0.404. The highest BCUT2D eigenvalue weighted by atomic mass is 31.0. The summed E-state index contributed by atoms with van der Waals surface area (Å²) >= 11 is 0. The van der Waals surface area contributed by atoms with Gasteiger partial charge in [-0.1, -0.05) is 66.7 Å². The van der Waals surface area contributed by atoms with E-state index in [4.69, 9.17) is 4.52 Å². The van der Waals surface area contributed by atoms with E-state index in [0.717, 1.165) is 11.3 Å². The predicted molar refractivity (Wildman–Crippen MR) is 102 cm³/mol. The van der Waals surface area contributed by atoms with Crippen LogP contribution in [0.4, 0.5) is 0 Å². The number of benzene rings is 4. The van der Waals surface area contributed by atoms with E-state index in [0.29, 0.717) is 0 Å². The first-order valence-corrected chi connectivity index (χ1v) is 8.14. The van der Waals surface area contributed by atoms with Crippen molar-refractivity contribution in [3.05, 3.63) is 78.4 Å². The van der Waals surface area contributed by atoms with Gasteiger partial charge in [-0.3, -0.25) is 0 Å². The van der Waals surface area contributed by atoms with Crippen molar-refractivity contribution in [2.75, 3.05) is 0 Å². The molecule has 0 saturated carbocycles. The van der Waals surface area contributed by atoms with Crippen LogP contribution in [0.3, 0.4) is 0 Å². The minimum Gasteiger partial charge on any atom is -0.480 e. The molecular weight excluding hydrogens is 299 g/mol. The van der Waals surface area contributed by atoms with Crippen LogP contribution < -0.4 is 4.52 Å². The van der Waals surface area contributed by atoms with Gasteiger partial charge in [-0.15, -0.1) is 0 Å². The van der Waals surface area contributed by atoms with Gasteiger partial charge in [0.2, 0.25) is 0 Å². The fourth-order valence-electron chi connectivity index (χ4n) is 3.32. The van der Waals surface area contributed by atoms with Crippen LogP contribution in [-0.2, 0) is 0 Å². The summed E-state index contributed by atoms with van der Waals surface area (Å²) < 4.78 is 5.63. The monoisotopic (exact) mass is 316 g/mol. The summed E-state index contributed by atoms with van der Waals surface area (Å²) in [5.74, 6) is 0.883. The molecule has 0 N–H and O–H groups in total. The molecule has 0 radical (unpaired) electrons. The standard InChI is InChI=1S/C21H17OP/c1-14-10-11-15-6-2-4-8-17(15)20(14)21-18-9-5-3-7-16(18)12-13-19(21)22-23/h2-13H,23H2,1H3. The minimum atomic E-state index is 0.883. The van der Waals surface area contributed by atoms with E-state index < -0.39 is 0 Å². The Balaban J connectivity index is 2.21. The summed E-state index contributed by atoms with van der Waals surface area (Å²) in [5, 5.41) is 4.94. The maximum absolute atomic E-state index is 5.63. The average Bonchev–Trinajstić information content (AvgIpc) is 2.61. The van der Waals surface area contributed by atoms with E-state index in [1.165, 1.54) is 32.7 Å². The lowest BCUT2D eigenvalue weighted by molar-refractivity contribution is 0.649. The molecule has 4 aromatic rings. The van der Waals surface area contributed by atoms with Gasteiger partial charge < -0.3 is 4.52 Å². The zero-order valence-corrected chi connectivity index (χ0v) is 14.1. The first kappa shape index (κ1) is 14.2. The third-order valence-corrected chi connectivity index (χ3v) is 4.66. The van der Waals surface area contributed by atoms with Crippen LogP contribution in [0.5, 0.6) is 5.75 Å². The molecule has 0 saturated heterocycles. The van der Waals surface area contributed by atoms with E-state index in [1.807, 2.05) is 6.07 Å². The largest absolute Gasteiger partial charge is 0.480 e. The minimum absolute atomic E-state index is 0.883. The molecule has 4 rings (SSSR count). The van der Waals surface area contributed by atoms with Crippen LogP contribution >= 0.6 is 9.47 Å². The molecule has 0 aliphatic heterocycles. The number of hydrogen-bond acceptors (Lipinski definition) is 1. The topological polar surface area (TPSA) is 9.23 Å². The Morgan fingerprint density at radius 2 is 1.22 bits per heavy atom. The molecule has 112 valence electrons. The maximum Gasteiger partial charge on any atom is 0.131 e. The molecule has 1 unspecified atom stereocenters. The van der Waals surface area contributed by atoms with Gasteiger partial charge in [0.05, 0.1) is 9.47 Å². The van der Waals surface area contributed by atoms with Gasteiger partial charge in [-0.25, -0.2) is 0 Å². The van der Waals surface area contributed by atoms with E-state index in [9.17, 15) is 0 Å². The number of hydrogen-bond donors (Lipinski definition) is 0. The Bertz CT molecular complexity index is 1020. The SMILES string of the molecule is Cc1ccc2ccccc2c1-c1c(OP)ccc2ccccc12. The molecule has 0 aliphatic rings. The van der Waals surface area contributed by atoms with Gasteiger partial charge in [0.15, 0.2) is 0 Å². The van der Waals surface area contributed by atoms with Crippen molar-refractivity contribution in [2.45, 2.75) is 6.92 Å². The fraction of sp³-hybridized carbons (Fsp3) is 0.0476. The van der Waals surface area contributed by atoms with Crippen LogP contribution in [0.1, 0.15) is 5.56 Å². The Morgan fingerprint density at radius 3 is 1.87 bits per heavy atom. The molecule has 0 bridgehead atoms. The van der Waals surface area contributed by atoms with Crippen LogP contribution in [0, 0.1) is 6.92 Å². The van der Waals surface area contributed by atoms with Crippen LogP contribution in [-0.4, -0.2) is 0 Å². The molecule has 2 heteroatoms. The van der Waals surface area contributed by atoms with Gasteiger partial charge in [-0.05, 0) is 45.7 Å². The predicted octanol–water partition coefficient (Wildman–Crippen LogP) is 6.14. The first-order chi connectivity index (χ1) is 11.3. The van der Waals surface area contributed by atoms with Gasteiger partial charge in [0, 0.05) is 5.56 Å². The smallest absolute Gasteiger partial charge is 0.131 e. The molecule has 0 fully saturated rings. The van der Waals surface area contributed by atoms with Crippen molar-refractivity contribution in [1.82, 2.24) is 0 Å². The Hall–Kier alpha value is -2.37. The third kappa shape index (κ3) is 2.29. The van der Waals surface area contributed by atoms with Gasteiger partial charge in [0.25, 0.3) is 0 Å². The second-order valence-corrected chi connectivity index (χ2v) is 5.99. The van der Waals surface area contributed by atoms with E-state index in [1.54, 1.807) is 0 Å². The van der Waals surface area contributed by atoms with Crippen molar-refractivity contribution in [2.24, 2.45) is 0 Å². The molecular formula is C21H17OP. The molecule has 0 heterocycles. The highest BCUT2D eigenvalue weighted by Gasteiger charge is 2.15. The summed E-state index contributed by atoms with van der Waals surface area (Å²) in [6.45, 7) is 2.16. The normalized spacial score (nSPS) is 11.0. The molecule has 0 aliphatic carbocycles. The van der Waals surface area contributed by atoms with Crippen LogP contribution in [0.25, 0.3) is 32.7 Å². The summed E-state index contributed by atoms with van der Waals surface area (Å²) in [6, 6.07) is 25.5. The summed E-state index contributed by atoms with van der Waals surface area (Å²) in [7, 11) is 2.38. The van der Waals surface area contributed by atoms with Gasteiger partial charge >= 0.3 is 0 Å². The number of fused-ring (bicyclic) bond motifs is 2. The number of aryl methyl sites for hydroxylation is 1. The van der Waals surface area contributed by atoms with Crippen molar-refractivity contribution < 1.29 is 4.52 Å². The second kappa shape index (κ2) is 5.68. The number of rotatable bonds is 2. The lowest BCUT2D eigenvalue weighted by Gasteiger charge is -2.16. The lowest BCUT2D eigenvalue weighted by atomic mass is 9.90. The summed E-state index contributed by atoms with van der Waals surface area (Å²) in [6.07, 6.45) is 0. The summed E-state index contributed by atoms with van der Waals surface area (Å²) in [5.41, 5.74) is 3.66. The van der Waals surface area contributed by atoms with Crippen molar-refractivity contribution in [3.63, 3.8) is 0 Å². The summed E-state index contributed by atoms with van der Waals surface area (Å²) in [4.78, 5) is 0. The zero-order chi connectivity index (χ0) is 15.8. The van der Waals surface area contributed by atoms with Crippen LogP contribution in [0.15, 0.2) is 72.8 Å². The molecule has 4 aromatic carbocycles. The van der Waals surface area contributed by atoms with E-state index >= 15 is 0 Å². The van der Waals surface area contributed by atoms with Gasteiger partial charge in [-0.2, -0.15) is 0 Å². The fourth-order valence-corrected chi connectivity index (χ4v) is 3.52. The highest BCUT2D eigenvalue weighted by molar-refractivity contribution is 7.10. The Labute approximate surface area is 138 Å². The molecule has 0 aromatic heterocycles. The highest BCUT2D eigenvalue weighted by Crippen LogP contribution is 2.42. The van der Waals surface area contributed by atoms with Crippen LogP contribution in [0.2, 0.25) is 0 Å². The molecule has 0 amide bonds. The van der Waals surface area contributed by atoms with Crippen molar-refractivity contribution in [1.29, 1.82) is 0 Å². The Morgan fingerprint density at radius 1 is 0.652 bits per heavy atom. The molecule has 1 atom stereocenters. The molecule has 1 nitrogen and oxygen atoms in total. The van der Waals surface area contributed by atoms with Crippen molar-refractivity contribution in [3.8, 4) is 16.9 Å². The second-order valence-electron chi connectivity index (χ2n) is 5.76. The van der Waals surface area contributed by atoms with Crippen molar-refractivity contribution >= 4 is 31.0 Å². The third-order valence-electron chi connectivity index (χ3n) is 4.41. The first-order valence-electron chi connectivity index (χ1n) is 7.67. The molecule has 0 spiro atoms. The average molecular weight is 316 g/mol. The van der Waals surface area contributed by atoms with Gasteiger partial charge in [0.1, 0.15) is 5.75 Å². The zero-order valence-electron chi connectivity index (χ0n) is 12.9. The van der Waals surface area contributed by atoms with E-state index in [-0.39, 0.29) is 0 Å². The maximum atomic E-state index is 5.63. The molecule has 23 heavy (non-hydrogen) atoms. The lowest BCUT2D eigenvalue weighted by Crippen LogP contribution is -1.91. The van der Waals surface area contributed by atoms with E-state index in [2.05, 4.69) is 83.1 Å².